The molecule has 22 heavy (non-hydrogen) atoms. The minimum atomic E-state index is -0.108. The molecule has 4 heteroatoms. The van der Waals surface area contributed by atoms with Crippen LogP contribution in [-0.4, -0.2) is 22.3 Å². The molecular weight excluding hydrogens is 274 g/mol. The van der Waals surface area contributed by atoms with Crippen LogP contribution >= 0.6 is 0 Å². The maximum absolute atomic E-state index is 12.3. The first-order chi connectivity index (χ1) is 10.8. The van der Waals surface area contributed by atoms with Crippen molar-refractivity contribution in [2.45, 2.75) is 13.0 Å². The second kappa shape index (κ2) is 8.38. The molecule has 4 nitrogen and oxygen atoms in total. The number of nitrogens with zero attached hydrogens (tertiary/aromatic N) is 3. The highest BCUT2D eigenvalue weighted by Gasteiger charge is 2.11. The summed E-state index contributed by atoms with van der Waals surface area (Å²) in [6.45, 7) is 0.858. The summed E-state index contributed by atoms with van der Waals surface area (Å²) in [4.78, 5) is 18.0. The number of nitriles is 1. The summed E-state index contributed by atoms with van der Waals surface area (Å²) in [5.41, 5.74) is 1.92. The summed E-state index contributed by atoms with van der Waals surface area (Å²) in [6.07, 6.45) is 7.06. The van der Waals surface area contributed by atoms with Crippen LogP contribution in [0.25, 0.3) is 6.08 Å². The van der Waals surface area contributed by atoms with E-state index in [1.807, 2.05) is 42.5 Å². The van der Waals surface area contributed by atoms with Crippen molar-refractivity contribution in [3.63, 3.8) is 0 Å². The zero-order valence-electron chi connectivity index (χ0n) is 12.2. The molecule has 0 saturated carbocycles. The molecule has 2 aromatic rings. The third-order valence-corrected chi connectivity index (χ3v) is 3.12. The van der Waals surface area contributed by atoms with E-state index < -0.39 is 0 Å². The lowest BCUT2D eigenvalue weighted by Crippen LogP contribution is -2.29. The van der Waals surface area contributed by atoms with Crippen LogP contribution in [0.3, 0.4) is 0 Å². The van der Waals surface area contributed by atoms with Crippen molar-refractivity contribution in [3.05, 3.63) is 72.1 Å². The highest BCUT2D eigenvalue weighted by Crippen LogP contribution is 2.07. The van der Waals surface area contributed by atoms with Crippen LogP contribution in [0, 0.1) is 11.3 Å². The first-order valence-electron chi connectivity index (χ1n) is 7.07. The Hall–Kier alpha value is -2.93. The molecule has 0 bridgehead atoms. The predicted octanol–water partition coefficient (Wildman–Crippen LogP) is 3.04. The molecule has 1 aromatic carbocycles. The fraction of sp³-hybridized carbons (Fsp3) is 0.167. The van der Waals surface area contributed by atoms with Gasteiger partial charge in [0.1, 0.15) is 0 Å². The van der Waals surface area contributed by atoms with Crippen LogP contribution in [0.2, 0.25) is 0 Å². The van der Waals surface area contributed by atoms with E-state index in [1.54, 1.807) is 29.4 Å². The Morgan fingerprint density at radius 1 is 1.23 bits per heavy atom. The fourth-order valence-corrected chi connectivity index (χ4v) is 2.00. The summed E-state index contributed by atoms with van der Waals surface area (Å²) >= 11 is 0. The molecule has 1 heterocycles. The zero-order chi connectivity index (χ0) is 15.6. The number of carbonyl (C=O) groups is 1. The van der Waals surface area contributed by atoms with Gasteiger partial charge in [-0.1, -0.05) is 36.4 Å². The molecule has 0 aliphatic rings. The Kier molecular flexibility index (Phi) is 5.89. The lowest BCUT2D eigenvalue weighted by atomic mass is 10.2. The van der Waals surface area contributed by atoms with Gasteiger partial charge in [-0.2, -0.15) is 5.26 Å². The van der Waals surface area contributed by atoms with Gasteiger partial charge in [-0.05, 0) is 23.3 Å². The quantitative estimate of drug-likeness (QED) is 0.769. The van der Waals surface area contributed by atoms with Gasteiger partial charge in [-0.3, -0.25) is 9.78 Å². The van der Waals surface area contributed by atoms with Crippen molar-refractivity contribution in [2.24, 2.45) is 0 Å². The predicted molar refractivity (Wildman–Crippen MR) is 85.4 cm³/mol. The topological polar surface area (TPSA) is 57.0 Å². The van der Waals surface area contributed by atoms with Crippen LogP contribution < -0.4 is 0 Å². The minimum Gasteiger partial charge on any atom is -0.334 e. The van der Waals surface area contributed by atoms with Gasteiger partial charge in [0.25, 0.3) is 0 Å². The second-order valence-electron chi connectivity index (χ2n) is 4.77. The van der Waals surface area contributed by atoms with E-state index in [4.69, 9.17) is 5.26 Å². The van der Waals surface area contributed by atoms with Crippen molar-refractivity contribution in [3.8, 4) is 6.07 Å². The van der Waals surface area contributed by atoms with Crippen LogP contribution in [0.15, 0.2) is 60.9 Å². The molecule has 0 aliphatic carbocycles. The van der Waals surface area contributed by atoms with E-state index in [2.05, 4.69) is 11.1 Å². The molecule has 0 N–H and O–H groups in total. The van der Waals surface area contributed by atoms with Crippen LogP contribution in [0.4, 0.5) is 0 Å². The maximum atomic E-state index is 12.3. The summed E-state index contributed by atoms with van der Waals surface area (Å²) < 4.78 is 0. The number of aromatic nitrogens is 1. The normalized spacial score (nSPS) is 10.3. The molecule has 0 radical (unpaired) electrons. The maximum Gasteiger partial charge on any atom is 0.246 e. The molecule has 1 amide bonds. The average Bonchev–Trinajstić information content (AvgIpc) is 2.58. The Morgan fingerprint density at radius 2 is 2.05 bits per heavy atom. The Labute approximate surface area is 130 Å². The van der Waals surface area contributed by atoms with Gasteiger partial charge < -0.3 is 4.90 Å². The number of benzene rings is 1. The highest BCUT2D eigenvalue weighted by atomic mass is 16.2. The SMILES string of the molecule is N#CCCN(Cc1cccnc1)C(=O)C=Cc1ccccc1. The van der Waals surface area contributed by atoms with Gasteiger partial charge >= 0.3 is 0 Å². The lowest BCUT2D eigenvalue weighted by molar-refractivity contribution is -0.126. The van der Waals surface area contributed by atoms with E-state index in [1.165, 1.54) is 0 Å². The number of pyridine rings is 1. The number of rotatable bonds is 6. The fourth-order valence-electron chi connectivity index (χ4n) is 2.00. The molecular formula is C18H17N3O. The standard InChI is InChI=1S/C18H17N3O/c19-11-5-13-21(15-17-8-4-12-20-14-17)18(22)10-9-16-6-2-1-3-7-16/h1-4,6-10,12,14H,5,13,15H2. The number of carbonyl (C=O) groups excluding carboxylic acids is 1. The van der Waals surface area contributed by atoms with E-state index in [0.29, 0.717) is 19.5 Å². The third-order valence-electron chi connectivity index (χ3n) is 3.12. The van der Waals surface area contributed by atoms with Gasteiger partial charge in [0.05, 0.1) is 12.5 Å². The van der Waals surface area contributed by atoms with Crippen molar-refractivity contribution in [1.29, 1.82) is 5.26 Å². The van der Waals surface area contributed by atoms with Gasteiger partial charge in [-0.25, -0.2) is 0 Å². The van der Waals surface area contributed by atoms with Crippen molar-refractivity contribution in [2.75, 3.05) is 6.54 Å². The van der Waals surface area contributed by atoms with Crippen LogP contribution in [0.5, 0.6) is 0 Å². The first-order valence-corrected chi connectivity index (χ1v) is 7.07. The second-order valence-corrected chi connectivity index (χ2v) is 4.77. The van der Waals surface area contributed by atoms with Gasteiger partial charge in [0, 0.05) is 31.6 Å². The van der Waals surface area contributed by atoms with Crippen LogP contribution in [0.1, 0.15) is 17.5 Å². The summed E-state index contributed by atoms with van der Waals surface area (Å²) in [5.74, 6) is -0.108. The number of hydrogen-bond acceptors (Lipinski definition) is 3. The van der Waals surface area contributed by atoms with Gasteiger partial charge in [0.2, 0.25) is 5.91 Å². The summed E-state index contributed by atoms with van der Waals surface area (Å²) in [6, 6.07) is 15.5. The Morgan fingerprint density at radius 3 is 2.73 bits per heavy atom. The van der Waals surface area contributed by atoms with Gasteiger partial charge in [0.15, 0.2) is 0 Å². The van der Waals surface area contributed by atoms with Crippen molar-refractivity contribution < 1.29 is 4.79 Å². The van der Waals surface area contributed by atoms with E-state index in [9.17, 15) is 4.79 Å². The molecule has 0 atom stereocenters. The first kappa shape index (κ1) is 15.5. The average molecular weight is 291 g/mol. The Bertz CT molecular complexity index is 660. The molecule has 2 rings (SSSR count). The molecule has 0 unspecified atom stereocenters. The molecule has 0 saturated heterocycles. The number of amides is 1. The Balaban J connectivity index is 2.06. The number of hydrogen-bond donors (Lipinski definition) is 0. The minimum absolute atomic E-state index is 0.108. The summed E-state index contributed by atoms with van der Waals surface area (Å²) in [5, 5.41) is 8.75. The molecule has 0 spiro atoms. The highest BCUT2D eigenvalue weighted by molar-refractivity contribution is 5.91. The van der Waals surface area contributed by atoms with Crippen molar-refractivity contribution in [1.82, 2.24) is 9.88 Å². The van der Waals surface area contributed by atoms with E-state index in [-0.39, 0.29) is 5.91 Å². The summed E-state index contributed by atoms with van der Waals surface area (Å²) in [7, 11) is 0. The third kappa shape index (κ3) is 4.88. The molecule has 0 fully saturated rings. The van der Waals surface area contributed by atoms with Crippen molar-refractivity contribution >= 4 is 12.0 Å². The zero-order valence-corrected chi connectivity index (χ0v) is 12.2. The molecule has 1 aromatic heterocycles. The largest absolute Gasteiger partial charge is 0.334 e. The van der Waals surface area contributed by atoms with Gasteiger partial charge in [-0.15, -0.1) is 0 Å². The van der Waals surface area contributed by atoms with E-state index in [0.717, 1.165) is 11.1 Å². The smallest absolute Gasteiger partial charge is 0.246 e. The van der Waals surface area contributed by atoms with E-state index >= 15 is 0 Å². The molecule has 0 aliphatic heterocycles. The molecule has 110 valence electrons. The monoisotopic (exact) mass is 291 g/mol. The van der Waals surface area contributed by atoms with Crippen LogP contribution in [-0.2, 0) is 11.3 Å². The lowest BCUT2D eigenvalue weighted by Gasteiger charge is -2.19.